The van der Waals surface area contributed by atoms with E-state index < -0.39 is 57.8 Å². The molecule has 25 heavy (non-hydrogen) atoms. The topological polar surface area (TPSA) is 90.5 Å². The second-order valence-electron chi connectivity index (χ2n) is 5.73. The van der Waals surface area contributed by atoms with Gasteiger partial charge in [-0.2, -0.15) is 17.5 Å². The van der Waals surface area contributed by atoms with Gasteiger partial charge in [0, 0.05) is 24.8 Å². The molecule has 1 aromatic heterocycles. The lowest BCUT2D eigenvalue weighted by Crippen LogP contribution is -2.34. The molecule has 0 unspecified atom stereocenters. The smallest absolute Gasteiger partial charge is 0.393 e. The number of aliphatic carboxylic acids is 1. The first-order valence-electron chi connectivity index (χ1n) is 7.08. The normalized spacial score (nSPS) is 22.6. The zero-order valence-electron chi connectivity index (χ0n) is 12.4. The largest absolute Gasteiger partial charge is 0.481 e. The highest BCUT2D eigenvalue weighted by molar-refractivity contribution is 7.89. The highest BCUT2D eigenvalue weighted by Gasteiger charge is 2.55. The molecule has 1 aromatic carbocycles. The Morgan fingerprint density at radius 3 is 2.52 bits per heavy atom. The molecule has 1 fully saturated rings. The molecule has 3 rings (SSSR count). The lowest BCUT2D eigenvalue weighted by Gasteiger charge is -2.18. The van der Waals surface area contributed by atoms with Gasteiger partial charge in [-0.1, -0.05) is 6.07 Å². The second-order valence-corrected chi connectivity index (χ2v) is 7.64. The number of aromatic amines is 1. The summed E-state index contributed by atoms with van der Waals surface area (Å²) in [6, 6.07) is 3.79. The summed E-state index contributed by atoms with van der Waals surface area (Å²) in [5, 5.41) is 8.72. The number of carbonyl (C=O) groups is 1. The zero-order valence-corrected chi connectivity index (χ0v) is 13.2. The maximum atomic E-state index is 14.0. The van der Waals surface area contributed by atoms with Crippen LogP contribution in [0.3, 0.4) is 0 Å². The minimum Gasteiger partial charge on any atom is -0.481 e. The van der Waals surface area contributed by atoms with E-state index in [1.165, 1.54) is 12.1 Å². The molecule has 0 aliphatic carbocycles. The number of alkyl halides is 3. The molecule has 0 amide bonds. The Labute approximate surface area is 139 Å². The van der Waals surface area contributed by atoms with Gasteiger partial charge in [0.05, 0.1) is 17.2 Å². The monoisotopic (exact) mass is 380 g/mol. The summed E-state index contributed by atoms with van der Waals surface area (Å²) in [6.45, 7) is -1.85. The fraction of sp³-hybridized carbons (Fsp3) is 0.357. The molecular formula is C14H12F4N2O4S. The van der Waals surface area contributed by atoms with Gasteiger partial charge in [-0.15, -0.1) is 0 Å². The van der Waals surface area contributed by atoms with E-state index >= 15 is 0 Å². The van der Waals surface area contributed by atoms with Crippen LogP contribution in [0.15, 0.2) is 29.3 Å². The molecule has 0 radical (unpaired) electrons. The Kier molecular flexibility index (Phi) is 4.03. The fourth-order valence-electron chi connectivity index (χ4n) is 3.00. The van der Waals surface area contributed by atoms with Crippen molar-refractivity contribution >= 4 is 26.9 Å². The maximum absolute atomic E-state index is 14.0. The van der Waals surface area contributed by atoms with Crippen LogP contribution >= 0.6 is 0 Å². The highest BCUT2D eigenvalue weighted by Crippen LogP contribution is 2.40. The minimum absolute atomic E-state index is 0.167. The predicted octanol–water partition coefficient (Wildman–Crippen LogP) is 2.19. The molecule has 6 nitrogen and oxygen atoms in total. The van der Waals surface area contributed by atoms with Gasteiger partial charge >= 0.3 is 12.1 Å². The summed E-state index contributed by atoms with van der Waals surface area (Å²) in [7, 11) is -4.51. The number of fused-ring (bicyclic) bond motifs is 1. The van der Waals surface area contributed by atoms with Gasteiger partial charge in [-0.05, 0) is 12.1 Å². The van der Waals surface area contributed by atoms with Gasteiger partial charge in [-0.25, -0.2) is 12.8 Å². The Morgan fingerprint density at radius 2 is 1.96 bits per heavy atom. The third-order valence-corrected chi connectivity index (χ3v) is 6.12. The van der Waals surface area contributed by atoms with Crippen LogP contribution in [-0.4, -0.2) is 48.0 Å². The van der Waals surface area contributed by atoms with Crippen molar-refractivity contribution in [1.29, 1.82) is 0 Å². The highest BCUT2D eigenvalue weighted by atomic mass is 32.2. The molecule has 1 aliphatic heterocycles. The number of rotatable bonds is 3. The van der Waals surface area contributed by atoms with Crippen molar-refractivity contribution < 1.29 is 35.9 Å². The third kappa shape index (κ3) is 2.86. The van der Waals surface area contributed by atoms with Gasteiger partial charge in [0.1, 0.15) is 10.7 Å². The maximum Gasteiger partial charge on any atom is 0.393 e. The van der Waals surface area contributed by atoms with Gasteiger partial charge in [0.2, 0.25) is 10.0 Å². The summed E-state index contributed by atoms with van der Waals surface area (Å²) >= 11 is 0. The van der Waals surface area contributed by atoms with Crippen LogP contribution in [-0.2, 0) is 14.8 Å². The molecule has 2 aromatic rings. The number of aromatic nitrogens is 1. The molecule has 0 bridgehead atoms. The first-order valence-corrected chi connectivity index (χ1v) is 8.52. The number of carboxylic acids is 1. The van der Waals surface area contributed by atoms with Crippen molar-refractivity contribution in [2.24, 2.45) is 11.8 Å². The van der Waals surface area contributed by atoms with E-state index in [0.29, 0.717) is 4.31 Å². The summed E-state index contributed by atoms with van der Waals surface area (Å²) in [5.41, 5.74) is 0.167. The summed E-state index contributed by atoms with van der Waals surface area (Å²) < 4.78 is 78.9. The third-order valence-electron chi connectivity index (χ3n) is 4.26. The Morgan fingerprint density at radius 1 is 1.28 bits per heavy atom. The summed E-state index contributed by atoms with van der Waals surface area (Å²) in [6.07, 6.45) is -3.88. The number of sulfonamides is 1. The van der Waals surface area contributed by atoms with E-state index in [2.05, 4.69) is 4.98 Å². The standard InChI is InChI=1S/C14H12F4N2O4S/c15-9-2-1-3-10-12(9)11(4-19-10)25(23,24)20-5-7(13(21)22)8(6-20)14(16,17)18/h1-4,7-8,19H,5-6H2,(H,21,22)/t7-,8-/m1/s1. The number of hydrogen-bond donors (Lipinski definition) is 2. The molecule has 2 atom stereocenters. The van der Waals surface area contributed by atoms with Crippen LogP contribution in [0.2, 0.25) is 0 Å². The van der Waals surface area contributed by atoms with E-state index in [-0.39, 0.29) is 10.9 Å². The Hall–Kier alpha value is -2.14. The van der Waals surface area contributed by atoms with Gasteiger partial charge in [-0.3, -0.25) is 4.79 Å². The number of hydrogen-bond acceptors (Lipinski definition) is 3. The molecule has 11 heteroatoms. The van der Waals surface area contributed by atoms with Crippen LogP contribution < -0.4 is 0 Å². The molecule has 2 N–H and O–H groups in total. The van der Waals surface area contributed by atoms with E-state index in [9.17, 15) is 30.8 Å². The first kappa shape index (κ1) is 17.7. The first-order chi connectivity index (χ1) is 11.5. The van der Waals surface area contributed by atoms with Crippen LogP contribution in [0.4, 0.5) is 17.6 Å². The lowest BCUT2D eigenvalue weighted by atomic mass is 9.96. The average Bonchev–Trinajstić information content (AvgIpc) is 3.12. The molecule has 0 saturated carbocycles. The minimum atomic E-state index is -4.86. The molecule has 136 valence electrons. The molecule has 0 spiro atoms. The molecule has 2 heterocycles. The number of nitrogens with zero attached hydrogens (tertiary/aromatic N) is 1. The van der Waals surface area contributed by atoms with Gasteiger partial charge in [0.25, 0.3) is 0 Å². The van der Waals surface area contributed by atoms with Crippen molar-refractivity contribution in [3.63, 3.8) is 0 Å². The fourth-order valence-corrected chi connectivity index (χ4v) is 4.66. The second kappa shape index (κ2) is 5.70. The van der Waals surface area contributed by atoms with Crippen LogP contribution in [0.1, 0.15) is 0 Å². The summed E-state index contributed by atoms with van der Waals surface area (Å²) in [4.78, 5) is 13.1. The van der Waals surface area contributed by atoms with Gasteiger partial charge in [0.15, 0.2) is 0 Å². The molecular weight excluding hydrogens is 368 g/mol. The lowest BCUT2D eigenvalue weighted by molar-refractivity contribution is -0.187. The number of benzene rings is 1. The number of halogens is 4. The van der Waals surface area contributed by atoms with E-state index in [1.807, 2.05) is 0 Å². The molecule has 1 aliphatic rings. The van der Waals surface area contributed by atoms with Gasteiger partial charge < -0.3 is 10.1 Å². The number of nitrogens with one attached hydrogen (secondary N) is 1. The summed E-state index contributed by atoms with van der Waals surface area (Å²) in [5.74, 6) is -6.82. The van der Waals surface area contributed by atoms with Crippen LogP contribution in [0.25, 0.3) is 10.9 Å². The quantitative estimate of drug-likeness (QED) is 0.799. The van der Waals surface area contributed by atoms with E-state index in [1.54, 1.807) is 0 Å². The molecule has 1 saturated heterocycles. The average molecular weight is 380 g/mol. The SMILES string of the molecule is O=C(O)[C@@H]1CN(S(=O)(=O)c2c[nH]c3cccc(F)c23)C[C@H]1C(F)(F)F. The van der Waals surface area contributed by atoms with Crippen LogP contribution in [0, 0.1) is 17.7 Å². The zero-order chi connectivity index (χ0) is 18.6. The Balaban J connectivity index is 2.05. The van der Waals surface area contributed by atoms with Crippen molar-refractivity contribution in [1.82, 2.24) is 9.29 Å². The van der Waals surface area contributed by atoms with Crippen molar-refractivity contribution in [3.05, 3.63) is 30.2 Å². The number of carboxylic acid groups (broad SMARTS) is 1. The number of H-pyrrole nitrogens is 1. The van der Waals surface area contributed by atoms with Crippen molar-refractivity contribution in [3.8, 4) is 0 Å². The van der Waals surface area contributed by atoms with Crippen molar-refractivity contribution in [2.45, 2.75) is 11.1 Å². The van der Waals surface area contributed by atoms with E-state index in [4.69, 9.17) is 5.11 Å². The van der Waals surface area contributed by atoms with Crippen LogP contribution in [0.5, 0.6) is 0 Å². The van der Waals surface area contributed by atoms with E-state index in [0.717, 1.165) is 12.3 Å². The predicted molar refractivity (Wildman–Crippen MR) is 77.7 cm³/mol. The van der Waals surface area contributed by atoms with Crippen molar-refractivity contribution in [2.75, 3.05) is 13.1 Å². The Bertz CT molecular complexity index is 938.